The second-order valence-electron chi connectivity index (χ2n) is 16.5. The molecule has 0 heterocycles. The van der Waals surface area contributed by atoms with E-state index >= 15 is 0 Å². The van der Waals surface area contributed by atoms with E-state index in [4.69, 9.17) is 0 Å². The maximum absolute atomic E-state index is 2.58. The Bertz CT molecular complexity index is 2850. The van der Waals surface area contributed by atoms with Crippen molar-refractivity contribution in [1.29, 1.82) is 0 Å². The Morgan fingerprint density at radius 2 is 0.633 bits per heavy atom. The molecule has 0 fully saturated rings. The molecule has 0 atom stereocenters. The van der Waals surface area contributed by atoms with Gasteiger partial charge in [0.2, 0.25) is 0 Å². The Labute approximate surface area is 354 Å². The Morgan fingerprint density at radius 1 is 0.267 bits per heavy atom. The van der Waals surface area contributed by atoms with Crippen molar-refractivity contribution in [2.75, 3.05) is 9.80 Å². The van der Waals surface area contributed by atoms with Gasteiger partial charge in [0, 0.05) is 34.1 Å². The van der Waals surface area contributed by atoms with Crippen LogP contribution in [0.5, 0.6) is 0 Å². The zero-order valence-electron chi connectivity index (χ0n) is 34.0. The quantitative estimate of drug-likeness (QED) is 0.142. The first kappa shape index (κ1) is 36.2. The van der Waals surface area contributed by atoms with Crippen LogP contribution in [0, 0.1) is 0 Å². The Balaban J connectivity index is 1.02. The van der Waals surface area contributed by atoms with Crippen LogP contribution in [-0.4, -0.2) is 0 Å². The topological polar surface area (TPSA) is 6.48 Å². The van der Waals surface area contributed by atoms with Gasteiger partial charge in [-0.05, 0) is 178 Å². The van der Waals surface area contributed by atoms with Gasteiger partial charge in [-0.25, -0.2) is 0 Å². The van der Waals surface area contributed by atoms with Gasteiger partial charge in [0.05, 0.1) is 0 Å². The maximum atomic E-state index is 2.58. The zero-order valence-corrected chi connectivity index (χ0v) is 34.0. The molecule has 2 nitrogen and oxygen atoms in total. The van der Waals surface area contributed by atoms with Gasteiger partial charge in [0.1, 0.15) is 0 Å². The lowest BCUT2D eigenvalue weighted by molar-refractivity contribution is 0.682. The van der Waals surface area contributed by atoms with Gasteiger partial charge in [-0.15, -0.1) is 0 Å². The molecule has 9 aromatic carbocycles. The van der Waals surface area contributed by atoms with Crippen LogP contribution in [0.4, 0.5) is 34.1 Å². The van der Waals surface area contributed by atoms with Crippen molar-refractivity contribution < 1.29 is 0 Å². The summed E-state index contributed by atoms with van der Waals surface area (Å²) in [5.41, 5.74) is 18.3. The molecule has 2 aliphatic rings. The average molecular weight is 773 g/mol. The normalized spacial score (nSPS) is 13.5. The summed E-state index contributed by atoms with van der Waals surface area (Å²) in [5.74, 6) is 0. The minimum absolute atomic E-state index is 1.12. The maximum Gasteiger partial charge on any atom is 0.0496 e. The number of para-hydroxylation sites is 1. The highest BCUT2D eigenvalue weighted by molar-refractivity contribution is 6.21. The van der Waals surface area contributed by atoms with Gasteiger partial charge < -0.3 is 9.80 Å². The average Bonchev–Trinajstić information content (AvgIpc) is 3.32. The minimum atomic E-state index is 1.12. The van der Waals surface area contributed by atoms with Crippen molar-refractivity contribution >= 4 is 55.7 Å². The molecule has 2 heteroatoms. The first-order valence-corrected chi connectivity index (χ1v) is 21.9. The molecule has 0 saturated heterocycles. The number of nitrogens with zero attached hydrogens (tertiary/aromatic N) is 2. The van der Waals surface area contributed by atoms with E-state index in [1.54, 1.807) is 0 Å². The first-order valence-electron chi connectivity index (χ1n) is 21.9. The zero-order chi connectivity index (χ0) is 39.8. The minimum Gasteiger partial charge on any atom is -0.311 e. The van der Waals surface area contributed by atoms with E-state index in [2.05, 4.69) is 204 Å². The summed E-state index contributed by atoms with van der Waals surface area (Å²) in [6.45, 7) is 0. The summed E-state index contributed by atoms with van der Waals surface area (Å²) >= 11 is 0. The van der Waals surface area contributed by atoms with Gasteiger partial charge in [-0.3, -0.25) is 0 Å². The molecule has 0 aromatic heterocycles. The molecule has 0 saturated carbocycles. The van der Waals surface area contributed by atoms with E-state index in [9.17, 15) is 0 Å². The fraction of sp³-hybridized carbons (Fsp3) is 0.138. The van der Waals surface area contributed by atoms with Crippen LogP contribution in [-0.2, 0) is 25.7 Å². The lowest BCUT2D eigenvalue weighted by Gasteiger charge is -2.33. The third-order valence-electron chi connectivity index (χ3n) is 13.0. The van der Waals surface area contributed by atoms with E-state index in [-0.39, 0.29) is 0 Å². The Morgan fingerprint density at radius 3 is 1.12 bits per heavy atom. The van der Waals surface area contributed by atoms with Crippen LogP contribution in [0.1, 0.15) is 47.9 Å². The van der Waals surface area contributed by atoms with E-state index in [0.29, 0.717) is 0 Å². The largest absolute Gasteiger partial charge is 0.311 e. The van der Waals surface area contributed by atoms with Crippen LogP contribution < -0.4 is 9.80 Å². The number of hydrogen-bond donors (Lipinski definition) is 0. The fourth-order valence-electron chi connectivity index (χ4n) is 10.3. The van der Waals surface area contributed by atoms with Crippen LogP contribution in [0.3, 0.4) is 0 Å². The molecular formula is C58H48N2. The second-order valence-corrected chi connectivity index (χ2v) is 16.5. The van der Waals surface area contributed by atoms with Crippen molar-refractivity contribution in [2.45, 2.75) is 51.4 Å². The number of hydrogen-bond acceptors (Lipinski definition) is 2. The van der Waals surface area contributed by atoms with E-state index in [1.807, 2.05) is 0 Å². The number of benzene rings is 9. The van der Waals surface area contributed by atoms with E-state index < -0.39 is 0 Å². The summed E-state index contributed by atoms with van der Waals surface area (Å²) in [4.78, 5) is 4.97. The molecular weight excluding hydrogens is 725 g/mol. The van der Waals surface area contributed by atoms with Gasteiger partial charge in [-0.2, -0.15) is 0 Å². The van der Waals surface area contributed by atoms with Crippen molar-refractivity contribution in [1.82, 2.24) is 0 Å². The van der Waals surface area contributed by atoms with E-state index in [0.717, 1.165) is 29.9 Å². The van der Waals surface area contributed by atoms with Crippen LogP contribution in [0.2, 0.25) is 0 Å². The Kier molecular flexibility index (Phi) is 9.47. The third kappa shape index (κ3) is 6.44. The predicted molar refractivity (Wildman–Crippen MR) is 255 cm³/mol. The number of rotatable bonds is 8. The Hall–Kier alpha value is -6.90. The molecule has 0 spiro atoms. The molecule has 11 rings (SSSR count). The van der Waals surface area contributed by atoms with Crippen LogP contribution >= 0.6 is 0 Å². The third-order valence-corrected chi connectivity index (χ3v) is 13.0. The fourth-order valence-corrected chi connectivity index (χ4v) is 10.3. The molecule has 0 radical (unpaired) electrons. The smallest absolute Gasteiger partial charge is 0.0496 e. The van der Waals surface area contributed by atoms with E-state index in [1.165, 1.54) is 122 Å². The van der Waals surface area contributed by atoms with Gasteiger partial charge in [0.25, 0.3) is 0 Å². The predicted octanol–water partition coefficient (Wildman–Crippen LogP) is 16.0. The van der Waals surface area contributed by atoms with Gasteiger partial charge in [0.15, 0.2) is 0 Å². The van der Waals surface area contributed by atoms with Gasteiger partial charge in [-0.1, -0.05) is 133 Å². The molecule has 60 heavy (non-hydrogen) atoms. The summed E-state index contributed by atoms with van der Waals surface area (Å²) in [7, 11) is 0. The lowest BCUT2D eigenvalue weighted by Crippen LogP contribution is -2.18. The summed E-state index contributed by atoms with van der Waals surface area (Å²) in [6.07, 6.45) is 9.65. The lowest BCUT2D eigenvalue weighted by atomic mass is 9.86. The molecule has 0 unspecified atom stereocenters. The highest BCUT2D eigenvalue weighted by atomic mass is 15.2. The number of fused-ring (bicyclic) bond motifs is 4. The molecule has 0 amide bonds. The molecule has 290 valence electrons. The number of aryl methyl sites for hydroxylation is 2. The van der Waals surface area contributed by atoms with Crippen LogP contribution in [0.15, 0.2) is 194 Å². The SMILES string of the molecule is c1ccc(-c2c3ccccc3c(-c3ccc(N(c4ccccc4)c4ccc(N(c5cccc6c5CCCC6)c5cccc6c5CCCC6)cc4)cc3)c3ccccc23)cc1. The first-order chi connectivity index (χ1) is 29.8. The van der Waals surface area contributed by atoms with Crippen LogP contribution in [0.25, 0.3) is 43.8 Å². The highest BCUT2D eigenvalue weighted by Crippen LogP contribution is 2.47. The standard InChI is InChI=1S/C58H48N2/c1-3-19-43(20-4-1)57-51-27-11-13-29-53(51)58(54-30-14-12-28-52(54)57)44-33-35-46(36-34-44)59(45-23-5-2-6-24-45)47-37-39-48(40-38-47)60(55-31-15-21-41-17-7-9-25-49(41)55)56-32-16-22-42-18-8-10-26-50(42)56/h1-6,11-16,19-24,27-40H,7-10,17-18,25-26H2. The highest BCUT2D eigenvalue weighted by Gasteiger charge is 2.25. The molecule has 0 N–H and O–H groups in total. The summed E-state index contributed by atoms with van der Waals surface area (Å²) < 4.78 is 0. The van der Waals surface area contributed by atoms with Crippen molar-refractivity contribution in [2.24, 2.45) is 0 Å². The molecule has 9 aromatic rings. The molecule has 0 bridgehead atoms. The molecule has 2 aliphatic carbocycles. The van der Waals surface area contributed by atoms with Crippen molar-refractivity contribution in [3.8, 4) is 22.3 Å². The molecule has 0 aliphatic heterocycles. The monoisotopic (exact) mass is 772 g/mol. The van der Waals surface area contributed by atoms with Crippen molar-refractivity contribution in [3.63, 3.8) is 0 Å². The number of anilines is 6. The second kappa shape index (κ2) is 15.7. The van der Waals surface area contributed by atoms with Crippen molar-refractivity contribution in [3.05, 3.63) is 216 Å². The summed E-state index contributed by atoms with van der Waals surface area (Å²) in [5, 5.41) is 5.08. The summed E-state index contributed by atoms with van der Waals surface area (Å²) in [6, 6.07) is 72.0. The van der Waals surface area contributed by atoms with Gasteiger partial charge >= 0.3 is 0 Å².